The van der Waals surface area contributed by atoms with Gasteiger partial charge in [0, 0.05) is 5.56 Å². The summed E-state index contributed by atoms with van der Waals surface area (Å²) >= 11 is 0. The van der Waals surface area contributed by atoms with Gasteiger partial charge in [0.25, 0.3) is 0 Å². The first-order valence-corrected chi connectivity index (χ1v) is 7.30. The maximum absolute atomic E-state index is 9.66. The van der Waals surface area contributed by atoms with Crippen molar-refractivity contribution in [2.24, 2.45) is 0 Å². The summed E-state index contributed by atoms with van der Waals surface area (Å²) in [5.74, 6) is 1.20. The highest BCUT2D eigenvalue weighted by Crippen LogP contribution is 2.33. The first kappa shape index (κ1) is 12.2. The smallest absolute Gasteiger partial charge is 0.250 e. The molecule has 1 aromatic carbocycles. The van der Waals surface area contributed by atoms with E-state index in [2.05, 4.69) is 46.6 Å². The third-order valence-corrected chi connectivity index (χ3v) is 4.40. The molecule has 0 fully saturated rings. The molecule has 0 atom stereocenters. The number of benzene rings is 1. The summed E-state index contributed by atoms with van der Waals surface area (Å²) in [5.41, 5.74) is 6.49. The summed E-state index contributed by atoms with van der Waals surface area (Å²) in [6.45, 7) is 0. The van der Waals surface area contributed by atoms with Crippen molar-refractivity contribution in [1.29, 1.82) is 5.26 Å². The molecular weight excluding hydrogens is 260 g/mol. The number of fused-ring (bicyclic) bond motifs is 4. The van der Waals surface area contributed by atoms with Gasteiger partial charge in [-0.3, -0.25) is 9.88 Å². The minimum Gasteiger partial charge on any atom is -0.297 e. The van der Waals surface area contributed by atoms with Crippen molar-refractivity contribution in [3.05, 3.63) is 41.0 Å². The van der Waals surface area contributed by atoms with Crippen molar-refractivity contribution in [2.45, 2.75) is 19.3 Å². The molecule has 0 aliphatic heterocycles. The molecule has 1 N–H and O–H groups in total. The molecule has 0 saturated carbocycles. The number of pyridine rings is 1. The van der Waals surface area contributed by atoms with Crippen LogP contribution in [-0.2, 0) is 12.8 Å². The molecule has 0 spiro atoms. The van der Waals surface area contributed by atoms with Gasteiger partial charge in [-0.2, -0.15) is 9.66 Å². The largest absolute Gasteiger partial charge is 0.297 e. The Kier molecular flexibility index (Phi) is 2.46. The number of anilines is 1. The quantitative estimate of drug-likeness (QED) is 0.694. The van der Waals surface area contributed by atoms with Crippen LogP contribution in [0.4, 0.5) is 5.82 Å². The molecule has 21 heavy (non-hydrogen) atoms. The number of aromatic nitrogens is 2. The lowest BCUT2D eigenvalue weighted by molar-refractivity contribution is -0.467. The van der Waals surface area contributed by atoms with Crippen LogP contribution in [0.2, 0.25) is 0 Å². The predicted molar refractivity (Wildman–Crippen MR) is 82.5 cm³/mol. The number of hydrogen-bond acceptors (Lipinski definition) is 2. The first-order valence-electron chi connectivity index (χ1n) is 7.30. The van der Waals surface area contributed by atoms with Crippen molar-refractivity contribution in [2.75, 3.05) is 19.0 Å². The van der Waals surface area contributed by atoms with Gasteiger partial charge in [-0.15, -0.1) is 0 Å². The van der Waals surface area contributed by atoms with E-state index in [-0.39, 0.29) is 0 Å². The molecular formula is C17H17N4+. The summed E-state index contributed by atoms with van der Waals surface area (Å²) in [6, 6.07) is 10.7. The number of nitrogens with one attached hydrogen (secondary N) is 1. The fraction of sp³-hybridized carbons (Fsp3) is 0.294. The van der Waals surface area contributed by atoms with E-state index in [1.165, 1.54) is 16.9 Å². The van der Waals surface area contributed by atoms with E-state index in [9.17, 15) is 5.26 Å². The lowest BCUT2D eigenvalue weighted by Crippen LogP contribution is -2.33. The monoisotopic (exact) mass is 277 g/mol. The summed E-state index contributed by atoms with van der Waals surface area (Å²) in [4.78, 5) is 5.60. The molecule has 4 rings (SSSR count). The predicted octanol–water partition coefficient (Wildman–Crippen LogP) is 2.33. The van der Waals surface area contributed by atoms with Gasteiger partial charge in [-0.1, -0.05) is 12.1 Å². The van der Waals surface area contributed by atoms with Gasteiger partial charge >= 0.3 is 0 Å². The summed E-state index contributed by atoms with van der Waals surface area (Å²) in [6.07, 6.45) is 3.20. The Labute approximate surface area is 123 Å². The Balaban J connectivity index is 2.30. The van der Waals surface area contributed by atoms with Crippen LogP contribution in [0.3, 0.4) is 0 Å². The van der Waals surface area contributed by atoms with E-state index in [4.69, 9.17) is 0 Å². The second-order valence-electron chi connectivity index (χ2n) is 5.84. The van der Waals surface area contributed by atoms with E-state index in [1.807, 2.05) is 12.1 Å². The summed E-state index contributed by atoms with van der Waals surface area (Å²) in [5, 5.41) is 9.66. The highest BCUT2D eigenvalue weighted by atomic mass is 15.2. The van der Waals surface area contributed by atoms with Gasteiger partial charge in [-0.05, 0) is 37.0 Å². The number of nitrogens with zero attached hydrogens (tertiary/aromatic N) is 3. The minimum absolute atomic E-state index is 0.810. The van der Waals surface area contributed by atoms with Gasteiger partial charge in [0.15, 0.2) is 0 Å². The molecule has 104 valence electrons. The summed E-state index contributed by atoms with van der Waals surface area (Å²) in [7, 11) is 4.16. The average Bonchev–Trinajstić information content (AvgIpc) is 3.08. The van der Waals surface area contributed by atoms with Crippen LogP contribution in [0.25, 0.3) is 16.7 Å². The van der Waals surface area contributed by atoms with Crippen molar-refractivity contribution in [1.82, 2.24) is 4.98 Å². The van der Waals surface area contributed by atoms with Gasteiger partial charge in [0.1, 0.15) is 22.7 Å². The van der Waals surface area contributed by atoms with Crippen LogP contribution in [0.15, 0.2) is 24.3 Å². The zero-order valence-electron chi connectivity index (χ0n) is 12.3. The standard InChI is InChI=1S/C17H16N4/c1-20(2)17-12-7-5-6-11(12)13(10-18)16-19-14-8-3-4-9-15(14)21(16)17/h3-4,8-9H,5-7H2,1-2H3/p+1. The van der Waals surface area contributed by atoms with E-state index >= 15 is 0 Å². The van der Waals surface area contributed by atoms with Crippen LogP contribution in [0.1, 0.15) is 23.1 Å². The van der Waals surface area contributed by atoms with Crippen molar-refractivity contribution < 1.29 is 4.40 Å². The topological polar surface area (TPSA) is 46.9 Å². The van der Waals surface area contributed by atoms with Crippen LogP contribution in [0, 0.1) is 11.3 Å². The number of para-hydroxylation sites is 2. The highest BCUT2D eigenvalue weighted by Gasteiger charge is 2.30. The lowest BCUT2D eigenvalue weighted by atomic mass is 10.1. The molecule has 0 bridgehead atoms. The summed E-state index contributed by atoms with van der Waals surface area (Å²) < 4.78 is 2.21. The Hall–Kier alpha value is -2.54. The SMILES string of the molecule is CN(C)c1c2c(c(C#N)c3[nH]c4ccccc4[n+]13)CCC2. The van der Waals surface area contributed by atoms with E-state index < -0.39 is 0 Å². The van der Waals surface area contributed by atoms with Gasteiger partial charge in [0.05, 0.1) is 14.1 Å². The zero-order chi connectivity index (χ0) is 14.6. The van der Waals surface area contributed by atoms with E-state index in [1.54, 1.807) is 0 Å². The molecule has 4 heteroatoms. The van der Waals surface area contributed by atoms with E-state index in [0.29, 0.717) is 0 Å². The van der Waals surface area contributed by atoms with Gasteiger partial charge in [-0.25, -0.2) is 0 Å². The molecule has 0 amide bonds. The Morgan fingerprint density at radius 1 is 1.19 bits per heavy atom. The Morgan fingerprint density at radius 3 is 2.71 bits per heavy atom. The van der Waals surface area contributed by atoms with Crippen LogP contribution in [0.5, 0.6) is 0 Å². The molecule has 1 aliphatic carbocycles. The van der Waals surface area contributed by atoms with Gasteiger partial charge in [0.2, 0.25) is 11.5 Å². The van der Waals surface area contributed by atoms with Crippen LogP contribution >= 0.6 is 0 Å². The van der Waals surface area contributed by atoms with E-state index in [0.717, 1.165) is 41.5 Å². The number of nitriles is 1. The molecule has 2 aromatic heterocycles. The zero-order valence-corrected chi connectivity index (χ0v) is 12.3. The maximum Gasteiger partial charge on any atom is 0.250 e. The Bertz CT molecular complexity index is 912. The lowest BCUT2D eigenvalue weighted by Gasteiger charge is -2.14. The molecule has 0 unspecified atom stereocenters. The van der Waals surface area contributed by atoms with Crippen LogP contribution < -0.4 is 9.30 Å². The van der Waals surface area contributed by atoms with Crippen LogP contribution in [-0.4, -0.2) is 19.1 Å². The molecule has 4 nitrogen and oxygen atoms in total. The normalized spacial score (nSPS) is 13.6. The maximum atomic E-state index is 9.66. The number of H-pyrrole nitrogens is 1. The number of imidazole rings is 1. The van der Waals surface area contributed by atoms with Crippen molar-refractivity contribution in [3.63, 3.8) is 0 Å². The second kappa shape index (κ2) is 4.23. The van der Waals surface area contributed by atoms with Crippen molar-refractivity contribution in [3.8, 4) is 6.07 Å². The molecule has 1 aliphatic rings. The second-order valence-corrected chi connectivity index (χ2v) is 5.84. The third-order valence-electron chi connectivity index (χ3n) is 4.40. The minimum atomic E-state index is 0.810. The van der Waals surface area contributed by atoms with Gasteiger partial charge < -0.3 is 0 Å². The Morgan fingerprint density at radius 2 is 1.95 bits per heavy atom. The fourth-order valence-electron chi connectivity index (χ4n) is 3.61. The first-order chi connectivity index (χ1) is 10.2. The highest BCUT2D eigenvalue weighted by molar-refractivity contribution is 5.78. The number of aromatic amines is 1. The third kappa shape index (κ3) is 1.52. The molecule has 2 heterocycles. The molecule has 0 radical (unpaired) electrons. The molecule has 3 aromatic rings. The molecule has 0 saturated heterocycles. The van der Waals surface area contributed by atoms with Crippen molar-refractivity contribution >= 4 is 22.5 Å². The fourth-order valence-corrected chi connectivity index (χ4v) is 3.61. The average molecular weight is 277 g/mol. The number of rotatable bonds is 1. The number of hydrogen-bond donors (Lipinski definition) is 1.